The summed E-state index contributed by atoms with van der Waals surface area (Å²) < 4.78 is 19.3. The summed E-state index contributed by atoms with van der Waals surface area (Å²) in [7, 11) is 1.69. The minimum atomic E-state index is -0.399. The Kier molecular flexibility index (Phi) is 6.04. The average molecular weight is 351 g/mol. The van der Waals surface area contributed by atoms with Crippen LogP contribution in [0.4, 0.5) is 14.9 Å². The Morgan fingerprint density at radius 2 is 1.92 bits per heavy atom. The minimum absolute atomic E-state index is 0.0362. The van der Waals surface area contributed by atoms with Crippen LogP contribution in [0.25, 0.3) is 0 Å². The van der Waals surface area contributed by atoms with Crippen molar-refractivity contribution < 1.29 is 13.9 Å². The van der Waals surface area contributed by atoms with Crippen molar-refractivity contribution in [2.24, 2.45) is 0 Å². The zero-order valence-corrected chi connectivity index (χ0v) is 14.6. The average Bonchev–Trinajstić information content (AvgIpc) is 2.53. The second kappa shape index (κ2) is 8.02. The molecule has 0 saturated carbocycles. The lowest BCUT2D eigenvalue weighted by atomic mass is 10.2. The maximum Gasteiger partial charge on any atom is 0.321 e. The van der Waals surface area contributed by atoms with E-state index in [4.69, 9.17) is 16.3 Å². The summed E-state index contributed by atoms with van der Waals surface area (Å²) in [5.41, 5.74) is 1.04. The van der Waals surface area contributed by atoms with Gasteiger partial charge in [-0.15, -0.1) is 0 Å². The van der Waals surface area contributed by atoms with Gasteiger partial charge in [0, 0.05) is 24.3 Å². The standard InChI is InChI=1S/C18H20ClFN2O2/c1-12(2)21-18(23)22(3)13-7-9-14(10-8-13)24-11-15-16(19)5-4-6-17(15)20/h4-10,12H,11H2,1-3H3,(H,21,23). The van der Waals surface area contributed by atoms with Gasteiger partial charge < -0.3 is 10.1 Å². The van der Waals surface area contributed by atoms with Crippen LogP contribution in [0, 0.1) is 5.82 Å². The first kappa shape index (κ1) is 18.1. The van der Waals surface area contributed by atoms with E-state index < -0.39 is 5.82 Å². The molecule has 6 heteroatoms. The first-order valence-electron chi connectivity index (χ1n) is 7.58. The molecular weight excluding hydrogens is 331 g/mol. The molecule has 0 aliphatic carbocycles. The van der Waals surface area contributed by atoms with Crippen LogP contribution in [0.5, 0.6) is 5.75 Å². The Labute approximate surface area is 146 Å². The minimum Gasteiger partial charge on any atom is -0.489 e. The smallest absolute Gasteiger partial charge is 0.321 e. The van der Waals surface area contributed by atoms with Gasteiger partial charge in [0.1, 0.15) is 18.2 Å². The van der Waals surface area contributed by atoms with Crippen LogP contribution in [0.2, 0.25) is 5.02 Å². The number of amides is 2. The van der Waals surface area contributed by atoms with Crippen molar-refractivity contribution in [1.82, 2.24) is 5.32 Å². The molecule has 0 aliphatic heterocycles. The van der Waals surface area contributed by atoms with E-state index in [-0.39, 0.29) is 18.7 Å². The molecule has 128 valence electrons. The van der Waals surface area contributed by atoms with Crippen LogP contribution in [-0.2, 0) is 6.61 Å². The summed E-state index contributed by atoms with van der Waals surface area (Å²) in [5.74, 6) is 0.167. The Balaban J connectivity index is 2.01. The van der Waals surface area contributed by atoms with Crippen molar-refractivity contribution in [2.75, 3.05) is 11.9 Å². The van der Waals surface area contributed by atoms with Gasteiger partial charge in [-0.25, -0.2) is 9.18 Å². The fourth-order valence-electron chi connectivity index (χ4n) is 2.05. The molecule has 0 unspecified atom stereocenters. The summed E-state index contributed by atoms with van der Waals surface area (Å²) >= 11 is 5.97. The summed E-state index contributed by atoms with van der Waals surface area (Å²) in [4.78, 5) is 13.5. The molecule has 0 aromatic heterocycles. The highest BCUT2D eigenvalue weighted by molar-refractivity contribution is 6.31. The van der Waals surface area contributed by atoms with E-state index in [0.29, 0.717) is 16.3 Å². The normalized spacial score (nSPS) is 10.6. The van der Waals surface area contributed by atoms with Crippen molar-refractivity contribution in [2.45, 2.75) is 26.5 Å². The first-order chi connectivity index (χ1) is 11.4. The molecule has 0 fully saturated rings. The van der Waals surface area contributed by atoms with Crippen LogP contribution in [-0.4, -0.2) is 19.1 Å². The number of rotatable bonds is 5. The number of hydrogen-bond acceptors (Lipinski definition) is 2. The highest BCUT2D eigenvalue weighted by Crippen LogP contribution is 2.23. The van der Waals surface area contributed by atoms with Gasteiger partial charge >= 0.3 is 6.03 Å². The van der Waals surface area contributed by atoms with E-state index >= 15 is 0 Å². The number of halogens is 2. The van der Waals surface area contributed by atoms with Gasteiger partial charge in [-0.3, -0.25) is 4.90 Å². The number of benzene rings is 2. The number of ether oxygens (including phenoxy) is 1. The lowest BCUT2D eigenvalue weighted by Crippen LogP contribution is -2.40. The quantitative estimate of drug-likeness (QED) is 0.855. The molecule has 24 heavy (non-hydrogen) atoms. The number of urea groups is 1. The summed E-state index contributed by atoms with van der Waals surface area (Å²) in [6.07, 6.45) is 0. The Morgan fingerprint density at radius 3 is 2.50 bits per heavy atom. The summed E-state index contributed by atoms with van der Waals surface area (Å²) in [5, 5.41) is 3.14. The molecule has 0 aliphatic rings. The van der Waals surface area contributed by atoms with Crippen molar-refractivity contribution >= 4 is 23.3 Å². The zero-order valence-electron chi connectivity index (χ0n) is 13.8. The Hall–Kier alpha value is -2.27. The number of hydrogen-bond donors (Lipinski definition) is 1. The maximum absolute atomic E-state index is 13.7. The van der Waals surface area contributed by atoms with Gasteiger partial charge in [0.2, 0.25) is 0 Å². The van der Waals surface area contributed by atoms with E-state index in [1.165, 1.54) is 11.0 Å². The molecule has 0 spiro atoms. The van der Waals surface area contributed by atoms with Crippen molar-refractivity contribution in [3.8, 4) is 5.75 Å². The van der Waals surface area contributed by atoms with Crippen LogP contribution < -0.4 is 15.0 Å². The number of carbonyl (C=O) groups excluding carboxylic acids is 1. The van der Waals surface area contributed by atoms with E-state index in [9.17, 15) is 9.18 Å². The van der Waals surface area contributed by atoms with E-state index in [2.05, 4.69) is 5.32 Å². The number of carbonyl (C=O) groups is 1. The molecule has 0 bridgehead atoms. The highest BCUT2D eigenvalue weighted by atomic mass is 35.5. The Morgan fingerprint density at radius 1 is 1.25 bits per heavy atom. The van der Waals surface area contributed by atoms with E-state index in [1.807, 2.05) is 13.8 Å². The molecule has 2 rings (SSSR count). The molecule has 1 N–H and O–H groups in total. The molecule has 0 saturated heterocycles. The summed E-state index contributed by atoms with van der Waals surface area (Å²) in [6.45, 7) is 3.83. The van der Waals surface area contributed by atoms with Crippen molar-refractivity contribution in [3.63, 3.8) is 0 Å². The van der Waals surface area contributed by atoms with Gasteiger partial charge in [-0.1, -0.05) is 17.7 Å². The second-order valence-corrected chi connectivity index (χ2v) is 6.05. The molecule has 0 atom stereocenters. The predicted octanol–water partition coefficient (Wildman–Crippen LogP) is 4.61. The number of anilines is 1. The fraction of sp³-hybridized carbons (Fsp3) is 0.278. The van der Waals surface area contributed by atoms with E-state index in [0.717, 1.165) is 5.69 Å². The summed E-state index contributed by atoms with van der Waals surface area (Å²) in [6, 6.07) is 11.4. The van der Waals surface area contributed by atoms with E-state index in [1.54, 1.807) is 43.4 Å². The monoisotopic (exact) mass is 350 g/mol. The van der Waals surface area contributed by atoms with Crippen LogP contribution in [0.1, 0.15) is 19.4 Å². The molecule has 2 aromatic carbocycles. The lowest BCUT2D eigenvalue weighted by molar-refractivity contribution is 0.245. The van der Waals surface area contributed by atoms with Crippen LogP contribution in [0.3, 0.4) is 0 Å². The first-order valence-corrected chi connectivity index (χ1v) is 7.96. The molecule has 0 radical (unpaired) electrons. The van der Waals surface area contributed by atoms with Gasteiger partial charge in [-0.2, -0.15) is 0 Å². The third kappa shape index (κ3) is 4.61. The largest absolute Gasteiger partial charge is 0.489 e. The highest BCUT2D eigenvalue weighted by Gasteiger charge is 2.12. The van der Waals surface area contributed by atoms with Crippen LogP contribution in [0.15, 0.2) is 42.5 Å². The van der Waals surface area contributed by atoms with Gasteiger partial charge in [-0.05, 0) is 50.2 Å². The third-order valence-electron chi connectivity index (χ3n) is 3.39. The molecule has 0 heterocycles. The maximum atomic E-state index is 13.7. The van der Waals surface area contributed by atoms with Gasteiger partial charge in [0.05, 0.1) is 5.02 Å². The zero-order chi connectivity index (χ0) is 17.7. The lowest BCUT2D eigenvalue weighted by Gasteiger charge is -2.20. The van der Waals surface area contributed by atoms with Gasteiger partial charge in [0.15, 0.2) is 0 Å². The van der Waals surface area contributed by atoms with Crippen molar-refractivity contribution in [1.29, 1.82) is 0 Å². The van der Waals surface area contributed by atoms with Gasteiger partial charge in [0.25, 0.3) is 0 Å². The fourth-order valence-corrected chi connectivity index (χ4v) is 2.27. The SMILES string of the molecule is CC(C)NC(=O)N(C)c1ccc(OCc2c(F)cccc2Cl)cc1. The third-order valence-corrected chi connectivity index (χ3v) is 3.74. The number of nitrogens with one attached hydrogen (secondary N) is 1. The molecular formula is C18H20ClFN2O2. The topological polar surface area (TPSA) is 41.6 Å². The molecule has 4 nitrogen and oxygen atoms in total. The molecule has 2 amide bonds. The van der Waals surface area contributed by atoms with Crippen molar-refractivity contribution in [3.05, 3.63) is 58.9 Å². The molecule has 2 aromatic rings. The predicted molar refractivity (Wildman–Crippen MR) is 94.3 cm³/mol. The van der Waals surface area contributed by atoms with Crippen LogP contribution >= 0.6 is 11.6 Å². The number of nitrogens with zero attached hydrogens (tertiary/aromatic N) is 1. The second-order valence-electron chi connectivity index (χ2n) is 5.65. The Bertz CT molecular complexity index is 684.